The number of nitrogens with one attached hydrogen (secondary N) is 1. The smallest absolute Gasteiger partial charge is 0.272 e. The number of likely N-dealkylation sites (N-methyl/N-ethyl adjacent to an activating group) is 1. The predicted octanol–water partition coefficient (Wildman–Crippen LogP) is 2.53. The van der Waals surface area contributed by atoms with Gasteiger partial charge in [0, 0.05) is 17.7 Å². The molecule has 0 saturated heterocycles. The van der Waals surface area contributed by atoms with Crippen LogP contribution in [0.15, 0.2) is 24.3 Å². The Morgan fingerprint density at radius 1 is 1.38 bits per heavy atom. The van der Waals surface area contributed by atoms with E-state index in [-0.39, 0.29) is 10.6 Å². The lowest BCUT2D eigenvalue weighted by Gasteiger charge is -2.15. The Kier molecular flexibility index (Phi) is 4.92. The minimum Gasteiger partial charge on any atom is -0.314 e. The zero-order valence-electron chi connectivity index (χ0n) is 9.77. The van der Waals surface area contributed by atoms with E-state index < -0.39 is 0 Å². The highest BCUT2D eigenvalue weighted by Gasteiger charge is 2.15. The minimum absolute atomic E-state index is 0.221. The summed E-state index contributed by atoms with van der Waals surface area (Å²) in [5.74, 6) is 0. The predicted molar refractivity (Wildman–Crippen MR) is 64.6 cm³/mol. The Bertz CT molecular complexity index is 353. The molecule has 0 aromatic heterocycles. The molecular weight excluding hydrogens is 204 g/mol. The fraction of sp³-hybridized carbons (Fsp3) is 0.500. The summed E-state index contributed by atoms with van der Waals surface area (Å²) in [5.41, 5.74) is 1.03. The molecule has 0 bridgehead atoms. The van der Waals surface area contributed by atoms with E-state index in [0.717, 1.165) is 18.5 Å². The number of benzene rings is 1. The second-order valence-electron chi connectivity index (χ2n) is 3.75. The van der Waals surface area contributed by atoms with Crippen molar-refractivity contribution in [2.24, 2.45) is 0 Å². The van der Waals surface area contributed by atoms with Crippen molar-refractivity contribution in [3.63, 3.8) is 0 Å². The molecule has 0 heterocycles. The first-order chi connectivity index (χ1) is 7.69. The zero-order chi connectivity index (χ0) is 12.0. The maximum absolute atomic E-state index is 10.8. The lowest BCUT2D eigenvalue weighted by atomic mass is 10.0. The summed E-state index contributed by atoms with van der Waals surface area (Å²) in [4.78, 5) is 10.5. The van der Waals surface area contributed by atoms with E-state index in [2.05, 4.69) is 12.2 Å². The number of para-hydroxylation sites is 1. The molecular formula is C12H18N2O2. The molecule has 1 N–H and O–H groups in total. The van der Waals surface area contributed by atoms with Crippen LogP contribution in [0.3, 0.4) is 0 Å². The van der Waals surface area contributed by atoms with Crippen LogP contribution in [0.4, 0.5) is 5.69 Å². The second-order valence-corrected chi connectivity index (χ2v) is 3.75. The Balaban J connectivity index is 2.82. The van der Waals surface area contributed by atoms with Gasteiger partial charge in [-0.1, -0.05) is 32.0 Å². The number of hydrogen-bond donors (Lipinski definition) is 1. The van der Waals surface area contributed by atoms with Crippen LogP contribution in [-0.2, 0) is 6.42 Å². The summed E-state index contributed by atoms with van der Waals surface area (Å²) in [6.45, 7) is 5.02. The Hall–Kier alpha value is -1.42. The molecule has 1 atom stereocenters. The van der Waals surface area contributed by atoms with Gasteiger partial charge in [0.2, 0.25) is 0 Å². The van der Waals surface area contributed by atoms with Crippen molar-refractivity contribution in [3.8, 4) is 0 Å². The number of rotatable bonds is 6. The SMILES string of the molecule is CCNC(CC)Cc1ccccc1[N+](=O)[O-]. The first-order valence-corrected chi connectivity index (χ1v) is 5.64. The molecule has 4 heteroatoms. The molecule has 88 valence electrons. The molecule has 4 nitrogen and oxygen atoms in total. The topological polar surface area (TPSA) is 55.2 Å². The molecule has 0 aliphatic carbocycles. The van der Waals surface area contributed by atoms with E-state index in [1.807, 2.05) is 19.1 Å². The normalized spacial score (nSPS) is 12.4. The fourth-order valence-corrected chi connectivity index (χ4v) is 1.78. The van der Waals surface area contributed by atoms with Crippen LogP contribution in [0, 0.1) is 10.1 Å². The molecule has 1 aromatic rings. The molecule has 0 radical (unpaired) electrons. The van der Waals surface area contributed by atoms with Gasteiger partial charge >= 0.3 is 0 Å². The summed E-state index contributed by atoms with van der Waals surface area (Å²) in [6, 6.07) is 7.26. The third kappa shape index (κ3) is 3.31. The summed E-state index contributed by atoms with van der Waals surface area (Å²) >= 11 is 0. The first-order valence-electron chi connectivity index (χ1n) is 5.64. The summed E-state index contributed by atoms with van der Waals surface area (Å²) in [6.07, 6.45) is 1.68. The lowest BCUT2D eigenvalue weighted by molar-refractivity contribution is -0.385. The van der Waals surface area contributed by atoms with Crippen molar-refractivity contribution in [2.75, 3.05) is 6.54 Å². The molecule has 0 aliphatic rings. The number of nitro benzene ring substituents is 1. The summed E-state index contributed by atoms with van der Waals surface area (Å²) in [5, 5.41) is 14.2. The van der Waals surface area contributed by atoms with Crippen molar-refractivity contribution in [1.29, 1.82) is 0 Å². The van der Waals surface area contributed by atoms with Crippen molar-refractivity contribution in [3.05, 3.63) is 39.9 Å². The van der Waals surface area contributed by atoms with E-state index in [1.165, 1.54) is 0 Å². The molecule has 1 aromatic carbocycles. The van der Waals surface area contributed by atoms with E-state index in [0.29, 0.717) is 12.5 Å². The number of hydrogen-bond acceptors (Lipinski definition) is 3. The summed E-state index contributed by atoms with van der Waals surface area (Å²) < 4.78 is 0. The van der Waals surface area contributed by atoms with Crippen LogP contribution in [0.5, 0.6) is 0 Å². The average Bonchev–Trinajstić information content (AvgIpc) is 2.29. The number of nitrogens with zero attached hydrogens (tertiary/aromatic N) is 1. The van der Waals surface area contributed by atoms with E-state index >= 15 is 0 Å². The highest BCUT2D eigenvalue weighted by molar-refractivity contribution is 5.40. The molecule has 0 spiro atoms. The molecule has 0 fully saturated rings. The van der Waals surface area contributed by atoms with E-state index in [1.54, 1.807) is 12.1 Å². The van der Waals surface area contributed by atoms with Crippen LogP contribution >= 0.6 is 0 Å². The average molecular weight is 222 g/mol. The van der Waals surface area contributed by atoms with Gasteiger partial charge in [-0.05, 0) is 19.4 Å². The van der Waals surface area contributed by atoms with Crippen molar-refractivity contribution in [2.45, 2.75) is 32.7 Å². The Labute approximate surface area is 95.8 Å². The molecule has 16 heavy (non-hydrogen) atoms. The first kappa shape index (κ1) is 12.6. The molecule has 0 aliphatic heterocycles. The van der Waals surface area contributed by atoms with E-state index in [4.69, 9.17) is 0 Å². The molecule has 0 amide bonds. The van der Waals surface area contributed by atoms with Crippen molar-refractivity contribution in [1.82, 2.24) is 5.32 Å². The molecule has 1 rings (SSSR count). The van der Waals surface area contributed by atoms with Gasteiger partial charge in [0.05, 0.1) is 4.92 Å². The third-order valence-electron chi connectivity index (χ3n) is 2.64. The van der Waals surface area contributed by atoms with Crippen molar-refractivity contribution >= 4 is 5.69 Å². The minimum atomic E-state index is -0.312. The lowest BCUT2D eigenvalue weighted by Crippen LogP contribution is -2.30. The highest BCUT2D eigenvalue weighted by Crippen LogP contribution is 2.19. The number of nitro groups is 1. The van der Waals surface area contributed by atoms with Gasteiger partial charge in [-0.2, -0.15) is 0 Å². The third-order valence-corrected chi connectivity index (χ3v) is 2.64. The van der Waals surface area contributed by atoms with Crippen LogP contribution < -0.4 is 5.32 Å². The second kappa shape index (κ2) is 6.23. The largest absolute Gasteiger partial charge is 0.314 e. The van der Waals surface area contributed by atoms with Gasteiger partial charge in [-0.25, -0.2) is 0 Å². The van der Waals surface area contributed by atoms with Crippen LogP contribution in [0.1, 0.15) is 25.8 Å². The quantitative estimate of drug-likeness (QED) is 0.594. The van der Waals surface area contributed by atoms with Gasteiger partial charge in [0.15, 0.2) is 0 Å². The van der Waals surface area contributed by atoms with E-state index in [9.17, 15) is 10.1 Å². The molecule has 1 unspecified atom stereocenters. The monoisotopic (exact) mass is 222 g/mol. The van der Waals surface area contributed by atoms with Gasteiger partial charge in [0.1, 0.15) is 0 Å². The highest BCUT2D eigenvalue weighted by atomic mass is 16.6. The molecule has 0 saturated carbocycles. The maximum Gasteiger partial charge on any atom is 0.272 e. The zero-order valence-corrected chi connectivity index (χ0v) is 9.77. The van der Waals surface area contributed by atoms with Gasteiger partial charge < -0.3 is 5.32 Å². The fourth-order valence-electron chi connectivity index (χ4n) is 1.78. The van der Waals surface area contributed by atoms with Crippen LogP contribution in [0.25, 0.3) is 0 Å². The standard InChI is InChI=1S/C12H18N2O2/c1-3-11(13-4-2)9-10-7-5-6-8-12(10)14(15)16/h5-8,11,13H,3-4,9H2,1-2H3. The Morgan fingerprint density at radius 3 is 2.62 bits per heavy atom. The van der Waals surface area contributed by atoms with Crippen molar-refractivity contribution < 1.29 is 4.92 Å². The van der Waals surface area contributed by atoms with Crippen LogP contribution in [0.2, 0.25) is 0 Å². The van der Waals surface area contributed by atoms with Crippen LogP contribution in [-0.4, -0.2) is 17.5 Å². The van der Waals surface area contributed by atoms with Gasteiger partial charge in [0.25, 0.3) is 5.69 Å². The summed E-state index contributed by atoms with van der Waals surface area (Å²) in [7, 11) is 0. The Morgan fingerprint density at radius 2 is 2.06 bits per heavy atom. The maximum atomic E-state index is 10.8. The van der Waals surface area contributed by atoms with Gasteiger partial charge in [-0.3, -0.25) is 10.1 Å². The van der Waals surface area contributed by atoms with Gasteiger partial charge in [-0.15, -0.1) is 0 Å².